The van der Waals surface area contributed by atoms with E-state index in [1.54, 1.807) is 30.2 Å². The molecule has 1 unspecified atom stereocenters. The lowest BCUT2D eigenvalue weighted by Crippen LogP contribution is -2.34. The third kappa shape index (κ3) is 3.91. The summed E-state index contributed by atoms with van der Waals surface area (Å²) in [5.74, 6) is -1.40. The molecule has 3 N–H and O–H groups in total. The Morgan fingerprint density at radius 2 is 2.12 bits per heavy atom. The Bertz CT molecular complexity index is 747. The lowest BCUT2D eigenvalue weighted by atomic mass is 10.1. The monoisotopic (exact) mass is 349 g/mol. The van der Waals surface area contributed by atoms with Gasteiger partial charge in [0.25, 0.3) is 5.91 Å². The molecule has 0 saturated heterocycles. The van der Waals surface area contributed by atoms with Crippen LogP contribution in [-0.2, 0) is 4.79 Å². The molecule has 0 aliphatic heterocycles. The van der Waals surface area contributed by atoms with Crippen molar-refractivity contribution in [2.75, 3.05) is 18.9 Å². The standard InChI is InChI=1S/C17H20FN3O2S/c1-10-7-14(12(17(19)23)8-13(10)18)20-9-16(22)21(3)11(2)15-5-4-6-24-15/h4-8,11,20H,9H2,1-3H3,(H2,19,23). The molecule has 1 heterocycles. The average Bonchev–Trinajstić information content (AvgIpc) is 3.08. The number of thiophene rings is 1. The fraction of sp³-hybridized carbons (Fsp3) is 0.294. The number of carbonyl (C=O) groups is 2. The summed E-state index contributed by atoms with van der Waals surface area (Å²) >= 11 is 1.58. The van der Waals surface area contributed by atoms with Crippen LogP contribution in [0.5, 0.6) is 0 Å². The second-order valence-electron chi connectivity index (χ2n) is 5.56. The summed E-state index contributed by atoms with van der Waals surface area (Å²) in [6.45, 7) is 3.51. The lowest BCUT2D eigenvalue weighted by Gasteiger charge is -2.24. The number of nitrogens with one attached hydrogen (secondary N) is 1. The first kappa shape index (κ1) is 17.9. The number of hydrogen-bond donors (Lipinski definition) is 2. The topological polar surface area (TPSA) is 75.4 Å². The zero-order chi connectivity index (χ0) is 17.9. The Morgan fingerprint density at radius 3 is 2.71 bits per heavy atom. The minimum atomic E-state index is -0.746. The fourth-order valence-electron chi connectivity index (χ4n) is 2.26. The molecule has 0 aliphatic carbocycles. The molecule has 0 fully saturated rings. The predicted octanol–water partition coefficient (Wildman–Crippen LogP) is 2.93. The molecule has 5 nitrogen and oxygen atoms in total. The van der Waals surface area contributed by atoms with Crippen LogP contribution in [0.2, 0.25) is 0 Å². The number of benzene rings is 1. The molecule has 0 saturated carbocycles. The van der Waals surface area contributed by atoms with Gasteiger partial charge in [0.15, 0.2) is 0 Å². The maximum atomic E-state index is 13.6. The van der Waals surface area contributed by atoms with Crippen molar-refractivity contribution < 1.29 is 14.0 Å². The molecule has 24 heavy (non-hydrogen) atoms. The molecule has 0 radical (unpaired) electrons. The zero-order valence-corrected chi connectivity index (χ0v) is 14.6. The number of amides is 2. The highest BCUT2D eigenvalue weighted by Crippen LogP contribution is 2.24. The Balaban J connectivity index is 2.09. The third-order valence-electron chi connectivity index (χ3n) is 3.92. The normalized spacial score (nSPS) is 11.8. The largest absolute Gasteiger partial charge is 0.375 e. The van der Waals surface area contributed by atoms with Crippen molar-refractivity contribution in [1.29, 1.82) is 0 Å². The van der Waals surface area contributed by atoms with Gasteiger partial charge in [0, 0.05) is 17.6 Å². The highest BCUT2D eigenvalue weighted by Gasteiger charge is 2.19. The van der Waals surface area contributed by atoms with Crippen LogP contribution in [0, 0.1) is 12.7 Å². The first-order valence-corrected chi connectivity index (χ1v) is 8.32. The van der Waals surface area contributed by atoms with Gasteiger partial charge in [-0.1, -0.05) is 6.07 Å². The molecular weight excluding hydrogens is 329 g/mol. The second-order valence-corrected chi connectivity index (χ2v) is 6.54. The molecule has 128 valence electrons. The van der Waals surface area contributed by atoms with E-state index in [-0.39, 0.29) is 24.1 Å². The van der Waals surface area contributed by atoms with Crippen molar-refractivity contribution in [2.24, 2.45) is 5.73 Å². The van der Waals surface area contributed by atoms with Gasteiger partial charge in [-0.2, -0.15) is 0 Å². The van der Waals surface area contributed by atoms with Crippen LogP contribution in [0.25, 0.3) is 0 Å². The average molecular weight is 349 g/mol. The van der Waals surface area contributed by atoms with Gasteiger partial charge in [0.2, 0.25) is 5.91 Å². The van der Waals surface area contributed by atoms with E-state index in [2.05, 4.69) is 5.32 Å². The molecule has 2 rings (SSSR count). The van der Waals surface area contributed by atoms with Crippen LogP contribution in [0.4, 0.5) is 10.1 Å². The van der Waals surface area contributed by atoms with Gasteiger partial charge in [-0.15, -0.1) is 11.3 Å². The molecule has 1 aromatic carbocycles. The number of anilines is 1. The number of halogens is 1. The van der Waals surface area contributed by atoms with Crippen LogP contribution < -0.4 is 11.1 Å². The van der Waals surface area contributed by atoms with Crippen molar-refractivity contribution in [1.82, 2.24) is 4.90 Å². The highest BCUT2D eigenvalue weighted by molar-refractivity contribution is 7.10. The lowest BCUT2D eigenvalue weighted by molar-refractivity contribution is -0.129. The first-order chi connectivity index (χ1) is 11.3. The predicted molar refractivity (Wildman–Crippen MR) is 93.6 cm³/mol. The van der Waals surface area contributed by atoms with Crippen LogP contribution in [0.15, 0.2) is 29.6 Å². The summed E-state index contributed by atoms with van der Waals surface area (Å²) in [6, 6.07) is 6.42. The quantitative estimate of drug-likeness (QED) is 0.842. The maximum Gasteiger partial charge on any atom is 0.250 e. The third-order valence-corrected chi connectivity index (χ3v) is 4.97. The van der Waals surface area contributed by atoms with Gasteiger partial charge < -0.3 is 16.0 Å². The molecule has 1 atom stereocenters. The van der Waals surface area contributed by atoms with Gasteiger partial charge >= 0.3 is 0 Å². The van der Waals surface area contributed by atoms with E-state index < -0.39 is 11.7 Å². The molecule has 0 spiro atoms. The SMILES string of the molecule is Cc1cc(NCC(=O)N(C)C(C)c2cccs2)c(C(N)=O)cc1F. The van der Waals surface area contributed by atoms with E-state index in [0.717, 1.165) is 10.9 Å². The summed E-state index contributed by atoms with van der Waals surface area (Å²) < 4.78 is 13.6. The number of aryl methyl sites for hydroxylation is 1. The number of carbonyl (C=O) groups excluding carboxylic acids is 2. The molecule has 1 aromatic heterocycles. The van der Waals surface area contributed by atoms with Gasteiger partial charge in [0.1, 0.15) is 5.82 Å². The smallest absolute Gasteiger partial charge is 0.250 e. The second kappa shape index (κ2) is 7.44. The van der Waals surface area contributed by atoms with E-state index in [9.17, 15) is 14.0 Å². The van der Waals surface area contributed by atoms with Crippen molar-refractivity contribution >= 4 is 28.8 Å². The number of likely N-dealkylation sites (N-methyl/N-ethyl adjacent to an activating group) is 1. The molecule has 2 amide bonds. The van der Waals surface area contributed by atoms with Crippen molar-refractivity contribution in [2.45, 2.75) is 19.9 Å². The summed E-state index contributed by atoms with van der Waals surface area (Å²) in [5, 5.41) is 4.85. The molecule has 0 bridgehead atoms. The maximum absolute atomic E-state index is 13.6. The zero-order valence-electron chi connectivity index (χ0n) is 13.8. The van der Waals surface area contributed by atoms with Crippen molar-refractivity contribution in [3.05, 3.63) is 51.5 Å². The highest BCUT2D eigenvalue weighted by atomic mass is 32.1. The fourth-order valence-corrected chi connectivity index (χ4v) is 3.09. The molecular formula is C17H20FN3O2S. The van der Waals surface area contributed by atoms with Crippen LogP contribution in [-0.4, -0.2) is 30.3 Å². The van der Waals surface area contributed by atoms with Crippen molar-refractivity contribution in [3.8, 4) is 0 Å². The summed E-state index contributed by atoms with van der Waals surface area (Å²) in [4.78, 5) is 26.5. The number of nitrogens with two attached hydrogens (primary N) is 1. The minimum Gasteiger partial charge on any atom is -0.375 e. The molecule has 7 heteroatoms. The van der Waals surface area contributed by atoms with Gasteiger partial charge in [-0.25, -0.2) is 4.39 Å². The van der Waals surface area contributed by atoms with Gasteiger partial charge in [0.05, 0.1) is 18.2 Å². The number of primary amides is 1. The van der Waals surface area contributed by atoms with E-state index in [1.807, 2.05) is 24.4 Å². The van der Waals surface area contributed by atoms with Crippen molar-refractivity contribution in [3.63, 3.8) is 0 Å². The Hall–Kier alpha value is -2.41. The Labute approximate surface area is 144 Å². The number of rotatable bonds is 6. The van der Waals surface area contributed by atoms with Crippen LogP contribution >= 0.6 is 11.3 Å². The van der Waals surface area contributed by atoms with Gasteiger partial charge in [-0.05, 0) is 43.0 Å². The van der Waals surface area contributed by atoms with Crippen LogP contribution in [0.1, 0.15) is 33.8 Å². The first-order valence-electron chi connectivity index (χ1n) is 7.44. The van der Waals surface area contributed by atoms with E-state index >= 15 is 0 Å². The molecule has 0 aliphatic rings. The van der Waals surface area contributed by atoms with E-state index in [0.29, 0.717) is 11.3 Å². The number of nitrogens with zero attached hydrogens (tertiary/aromatic N) is 1. The van der Waals surface area contributed by atoms with E-state index in [4.69, 9.17) is 5.73 Å². The number of hydrogen-bond acceptors (Lipinski definition) is 4. The summed E-state index contributed by atoms with van der Waals surface area (Å²) in [5.41, 5.74) is 6.02. The Morgan fingerprint density at radius 1 is 1.42 bits per heavy atom. The van der Waals surface area contributed by atoms with Crippen LogP contribution in [0.3, 0.4) is 0 Å². The minimum absolute atomic E-state index is 0.0163. The summed E-state index contributed by atoms with van der Waals surface area (Å²) in [6.07, 6.45) is 0. The molecule has 2 aromatic rings. The van der Waals surface area contributed by atoms with E-state index in [1.165, 1.54) is 6.07 Å². The Kier molecular flexibility index (Phi) is 5.56. The van der Waals surface area contributed by atoms with Gasteiger partial charge in [-0.3, -0.25) is 9.59 Å². The summed E-state index contributed by atoms with van der Waals surface area (Å²) in [7, 11) is 1.72.